The van der Waals surface area contributed by atoms with Gasteiger partial charge in [-0.05, 0) is 17.7 Å². The van der Waals surface area contributed by atoms with E-state index in [1.54, 1.807) is 18.3 Å². The number of hydrogen-bond acceptors (Lipinski definition) is 5. The number of nitrogens with zero attached hydrogens (tertiary/aromatic N) is 4. The lowest BCUT2D eigenvalue weighted by molar-refractivity contribution is -0.129. The smallest absolute Gasteiger partial charge is 0.219 e. The number of nitrogens with one attached hydrogen (secondary N) is 1. The summed E-state index contributed by atoms with van der Waals surface area (Å²) in [4.78, 5) is 18.9. The molecule has 1 aliphatic heterocycles. The van der Waals surface area contributed by atoms with Gasteiger partial charge in [0.1, 0.15) is 0 Å². The number of carbonyl (C=O) groups excluding carboxylic acids is 1. The standard InChI is InChI=1S/C18H19N5OS/c1-12(24)23-7-6-16-15(10-23)18(21-22(16)2)20-14-5-3-4-13(8-14)17-9-19-11-25-17/h3-5,8-9,11H,6-7,10H2,1-2H3,(H,20,21). The van der Waals surface area contributed by atoms with Gasteiger partial charge in [0.15, 0.2) is 5.82 Å². The van der Waals surface area contributed by atoms with E-state index in [0.29, 0.717) is 6.54 Å². The Morgan fingerprint density at radius 2 is 2.24 bits per heavy atom. The third kappa shape index (κ3) is 3.02. The second-order valence-corrected chi connectivity index (χ2v) is 7.05. The second-order valence-electron chi connectivity index (χ2n) is 6.16. The number of benzene rings is 1. The molecule has 0 fully saturated rings. The van der Waals surface area contributed by atoms with Crippen molar-refractivity contribution in [2.24, 2.45) is 7.05 Å². The maximum Gasteiger partial charge on any atom is 0.219 e. The Bertz CT molecular complexity index is 916. The maximum atomic E-state index is 11.7. The quantitative estimate of drug-likeness (QED) is 0.785. The molecule has 3 heterocycles. The minimum Gasteiger partial charge on any atom is -0.338 e. The predicted octanol–water partition coefficient (Wildman–Crippen LogP) is 3.19. The number of anilines is 2. The number of thiazole rings is 1. The maximum absolute atomic E-state index is 11.7. The van der Waals surface area contributed by atoms with E-state index in [-0.39, 0.29) is 5.91 Å². The Morgan fingerprint density at radius 3 is 3.00 bits per heavy atom. The van der Waals surface area contributed by atoms with Crippen molar-refractivity contribution in [3.8, 4) is 10.4 Å². The summed E-state index contributed by atoms with van der Waals surface area (Å²) in [6, 6.07) is 8.22. The summed E-state index contributed by atoms with van der Waals surface area (Å²) in [6.07, 6.45) is 2.71. The minimum absolute atomic E-state index is 0.104. The Balaban J connectivity index is 1.64. The normalized spacial score (nSPS) is 13.6. The molecule has 2 aromatic heterocycles. The highest BCUT2D eigenvalue weighted by Gasteiger charge is 2.25. The fourth-order valence-corrected chi connectivity index (χ4v) is 3.83. The van der Waals surface area contributed by atoms with Gasteiger partial charge in [0.25, 0.3) is 0 Å². The van der Waals surface area contributed by atoms with E-state index in [2.05, 4.69) is 27.5 Å². The monoisotopic (exact) mass is 353 g/mol. The van der Waals surface area contributed by atoms with Gasteiger partial charge in [-0.2, -0.15) is 5.10 Å². The fourth-order valence-electron chi connectivity index (χ4n) is 3.21. The average molecular weight is 353 g/mol. The molecule has 0 saturated heterocycles. The molecule has 25 heavy (non-hydrogen) atoms. The highest BCUT2D eigenvalue weighted by Crippen LogP contribution is 2.30. The number of aryl methyl sites for hydroxylation is 1. The molecule has 1 amide bonds. The van der Waals surface area contributed by atoms with Gasteiger partial charge in [0.05, 0.1) is 16.9 Å². The topological polar surface area (TPSA) is 63.1 Å². The zero-order valence-corrected chi connectivity index (χ0v) is 15.0. The molecule has 1 aromatic carbocycles. The van der Waals surface area contributed by atoms with Gasteiger partial charge in [0, 0.05) is 50.1 Å². The molecule has 3 aromatic rings. The highest BCUT2D eigenvalue weighted by molar-refractivity contribution is 7.13. The Morgan fingerprint density at radius 1 is 1.36 bits per heavy atom. The third-order valence-electron chi connectivity index (χ3n) is 4.53. The molecule has 0 aliphatic carbocycles. The summed E-state index contributed by atoms with van der Waals surface area (Å²) in [5, 5.41) is 8.06. The van der Waals surface area contributed by atoms with Crippen LogP contribution in [0.4, 0.5) is 11.5 Å². The van der Waals surface area contributed by atoms with Crippen molar-refractivity contribution in [3.05, 3.63) is 47.2 Å². The minimum atomic E-state index is 0.104. The zero-order valence-electron chi connectivity index (χ0n) is 14.2. The number of amides is 1. The van der Waals surface area contributed by atoms with Crippen LogP contribution >= 0.6 is 11.3 Å². The summed E-state index contributed by atoms with van der Waals surface area (Å²) in [6.45, 7) is 2.98. The van der Waals surface area contributed by atoms with Crippen molar-refractivity contribution >= 4 is 28.7 Å². The molecule has 0 spiro atoms. The summed E-state index contributed by atoms with van der Waals surface area (Å²) in [7, 11) is 1.96. The van der Waals surface area contributed by atoms with E-state index in [1.165, 1.54) is 5.69 Å². The molecule has 0 unspecified atom stereocenters. The van der Waals surface area contributed by atoms with Crippen LogP contribution in [0.3, 0.4) is 0 Å². The highest BCUT2D eigenvalue weighted by atomic mass is 32.1. The van der Waals surface area contributed by atoms with Crippen LogP contribution in [0.1, 0.15) is 18.2 Å². The summed E-state index contributed by atoms with van der Waals surface area (Å²) < 4.78 is 1.92. The van der Waals surface area contributed by atoms with Gasteiger partial charge < -0.3 is 10.2 Å². The van der Waals surface area contributed by atoms with E-state index in [1.807, 2.05) is 40.5 Å². The van der Waals surface area contributed by atoms with Gasteiger partial charge >= 0.3 is 0 Å². The van der Waals surface area contributed by atoms with Crippen LogP contribution in [-0.2, 0) is 24.8 Å². The number of aromatic nitrogens is 3. The molecule has 1 N–H and O–H groups in total. The Kier molecular flexibility index (Phi) is 4.01. The van der Waals surface area contributed by atoms with Crippen LogP contribution in [0.2, 0.25) is 0 Å². The van der Waals surface area contributed by atoms with Gasteiger partial charge in [-0.1, -0.05) is 12.1 Å². The molecular formula is C18H19N5OS. The summed E-state index contributed by atoms with van der Waals surface area (Å²) >= 11 is 1.62. The lowest BCUT2D eigenvalue weighted by atomic mass is 10.1. The van der Waals surface area contributed by atoms with Crippen LogP contribution in [0.25, 0.3) is 10.4 Å². The van der Waals surface area contributed by atoms with Gasteiger partial charge in [0.2, 0.25) is 5.91 Å². The first-order chi connectivity index (χ1) is 12.1. The Hall–Kier alpha value is -2.67. The lowest BCUT2D eigenvalue weighted by Crippen LogP contribution is -2.34. The van der Waals surface area contributed by atoms with Crippen LogP contribution in [-0.4, -0.2) is 32.1 Å². The van der Waals surface area contributed by atoms with Crippen LogP contribution in [0.15, 0.2) is 36.0 Å². The molecule has 4 rings (SSSR count). The van der Waals surface area contributed by atoms with Crippen molar-refractivity contribution in [1.82, 2.24) is 19.7 Å². The van der Waals surface area contributed by atoms with E-state index in [4.69, 9.17) is 0 Å². The van der Waals surface area contributed by atoms with Crippen LogP contribution in [0.5, 0.6) is 0 Å². The van der Waals surface area contributed by atoms with Gasteiger partial charge in [-0.25, -0.2) is 0 Å². The molecule has 0 saturated carbocycles. The van der Waals surface area contributed by atoms with E-state index in [9.17, 15) is 4.79 Å². The second kappa shape index (κ2) is 6.33. The molecule has 0 atom stereocenters. The Labute approximate surface area is 150 Å². The first kappa shape index (κ1) is 15.8. The van der Waals surface area contributed by atoms with E-state index >= 15 is 0 Å². The molecule has 7 heteroatoms. The number of rotatable bonds is 3. The van der Waals surface area contributed by atoms with Gasteiger partial charge in [-0.15, -0.1) is 11.3 Å². The number of carbonyl (C=O) groups is 1. The lowest BCUT2D eigenvalue weighted by Gasteiger charge is -2.26. The van der Waals surface area contributed by atoms with Crippen LogP contribution < -0.4 is 5.32 Å². The van der Waals surface area contributed by atoms with Crippen molar-refractivity contribution in [2.75, 3.05) is 11.9 Å². The fraction of sp³-hybridized carbons (Fsp3) is 0.278. The molecular weight excluding hydrogens is 334 g/mol. The summed E-state index contributed by atoms with van der Waals surface area (Å²) in [5.41, 5.74) is 6.24. The van der Waals surface area contributed by atoms with Crippen molar-refractivity contribution in [3.63, 3.8) is 0 Å². The number of hydrogen-bond donors (Lipinski definition) is 1. The predicted molar refractivity (Wildman–Crippen MR) is 98.8 cm³/mol. The molecule has 0 radical (unpaired) electrons. The molecule has 1 aliphatic rings. The molecule has 128 valence electrons. The SMILES string of the molecule is CC(=O)N1CCc2c(c(Nc3cccc(-c4cncs4)c3)nn2C)C1. The van der Waals surface area contributed by atoms with Crippen molar-refractivity contribution < 1.29 is 4.79 Å². The zero-order chi connectivity index (χ0) is 17.4. The first-order valence-electron chi connectivity index (χ1n) is 8.18. The largest absolute Gasteiger partial charge is 0.338 e. The van der Waals surface area contributed by atoms with Crippen LogP contribution in [0, 0.1) is 0 Å². The van der Waals surface area contributed by atoms with E-state index in [0.717, 1.165) is 40.5 Å². The van der Waals surface area contributed by atoms with Crippen molar-refractivity contribution in [1.29, 1.82) is 0 Å². The number of fused-ring (bicyclic) bond motifs is 1. The third-order valence-corrected chi connectivity index (χ3v) is 5.35. The van der Waals surface area contributed by atoms with Crippen molar-refractivity contribution in [2.45, 2.75) is 19.9 Å². The van der Waals surface area contributed by atoms with E-state index < -0.39 is 0 Å². The summed E-state index contributed by atoms with van der Waals surface area (Å²) in [5.74, 6) is 0.928. The van der Waals surface area contributed by atoms with Gasteiger partial charge in [-0.3, -0.25) is 14.5 Å². The molecule has 0 bridgehead atoms. The average Bonchev–Trinajstić information content (AvgIpc) is 3.24. The molecule has 6 nitrogen and oxygen atoms in total. The first-order valence-corrected chi connectivity index (χ1v) is 9.06.